The van der Waals surface area contributed by atoms with Crippen LogP contribution in [-0.4, -0.2) is 31.4 Å². The van der Waals surface area contributed by atoms with E-state index in [0.29, 0.717) is 17.4 Å². The van der Waals surface area contributed by atoms with E-state index in [1.54, 1.807) is 0 Å². The molecule has 5 heteroatoms. The number of nitrogens with one attached hydrogen (secondary N) is 2. The topological polar surface area (TPSA) is 61.4 Å². The number of benzene rings is 2. The standard InChI is InChI=1S/C27H33N3O2/c31-26(20-10-14-22(15-11-20)30-16-4-1-5-17-30)29-21-12-8-19(9-13-21)25-18-28-27(32)24-7-3-2-6-23(24)25/h8-15,23-25H,1-7,16-18H2,(H,28,32)(H,29,31). The molecule has 2 heterocycles. The van der Waals surface area contributed by atoms with Crippen LogP contribution >= 0.6 is 0 Å². The SMILES string of the molecule is O=C(Nc1ccc(C2CNC(=O)C3CCCCC32)cc1)c1ccc(N2CCCCC2)cc1. The van der Waals surface area contributed by atoms with E-state index in [4.69, 9.17) is 0 Å². The Morgan fingerprint density at radius 1 is 0.844 bits per heavy atom. The average Bonchev–Trinajstić information content (AvgIpc) is 2.86. The van der Waals surface area contributed by atoms with Gasteiger partial charge >= 0.3 is 0 Å². The van der Waals surface area contributed by atoms with E-state index in [0.717, 1.165) is 44.6 Å². The molecule has 2 aliphatic heterocycles. The van der Waals surface area contributed by atoms with E-state index in [2.05, 4.69) is 39.8 Å². The summed E-state index contributed by atoms with van der Waals surface area (Å²) in [4.78, 5) is 27.4. The van der Waals surface area contributed by atoms with Gasteiger partial charge in [-0.05, 0) is 80.0 Å². The number of hydrogen-bond donors (Lipinski definition) is 2. The Morgan fingerprint density at radius 3 is 2.31 bits per heavy atom. The van der Waals surface area contributed by atoms with Gasteiger partial charge in [-0.15, -0.1) is 0 Å². The number of anilines is 2. The number of carbonyl (C=O) groups excluding carboxylic acids is 2. The Kier molecular flexibility index (Phi) is 6.15. The minimum absolute atomic E-state index is 0.0831. The van der Waals surface area contributed by atoms with Crippen molar-refractivity contribution in [2.24, 2.45) is 11.8 Å². The summed E-state index contributed by atoms with van der Waals surface area (Å²) >= 11 is 0. The zero-order valence-corrected chi connectivity index (χ0v) is 18.7. The highest BCUT2D eigenvalue weighted by Gasteiger charge is 2.40. The van der Waals surface area contributed by atoms with Crippen LogP contribution in [0.3, 0.4) is 0 Å². The van der Waals surface area contributed by atoms with E-state index < -0.39 is 0 Å². The Morgan fingerprint density at radius 2 is 1.56 bits per heavy atom. The largest absolute Gasteiger partial charge is 0.372 e. The van der Waals surface area contributed by atoms with Gasteiger partial charge in [0.2, 0.25) is 5.91 Å². The molecule has 5 nitrogen and oxygen atoms in total. The van der Waals surface area contributed by atoms with E-state index in [-0.39, 0.29) is 17.7 Å². The van der Waals surface area contributed by atoms with Crippen LogP contribution in [0.4, 0.5) is 11.4 Å². The van der Waals surface area contributed by atoms with E-state index in [1.165, 1.54) is 36.9 Å². The summed E-state index contributed by atoms with van der Waals surface area (Å²) in [7, 11) is 0. The summed E-state index contributed by atoms with van der Waals surface area (Å²) in [6.07, 6.45) is 8.32. The Balaban J connectivity index is 1.22. The molecule has 2 aromatic rings. The first kappa shape index (κ1) is 21.0. The first-order valence-electron chi connectivity index (χ1n) is 12.2. The molecule has 2 saturated heterocycles. The van der Waals surface area contributed by atoms with Gasteiger partial charge in [0, 0.05) is 48.4 Å². The lowest BCUT2D eigenvalue weighted by atomic mass is 9.68. The molecular formula is C27H33N3O2. The molecule has 0 spiro atoms. The Labute approximate surface area is 190 Å². The molecule has 0 bridgehead atoms. The number of hydrogen-bond acceptors (Lipinski definition) is 3. The lowest BCUT2D eigenvalue weighted by Crippen LogP contribution is -2.47. The number of rotatable bonds is 4. The predicted octanol–water partition coefficient (Wildman–Crippen LogP) is 4.95. The smallest absolute Gasteiger partial charge is 0.255 e. The van der Waals surface area contributed by atoms with Crippen LogP contribution in [0.5, 0.6) is 0 Å². The molecule has 3 aliphatic rings. The Bertz CT molecular complexity index is 948. The normalized spacial score (nSPS) is 25.6. The van der Waals surface area contributed by atoms with Crippen molar-refractivity contribution >= 4 is 23.2 Å². The van der Waals surface area contributed by atoms with Crippen LogP contribution in [0.15, 0.2) is 48.5 Å². The van der Waals surface area contributed by atoms with Crippen LogP contribution < -0.4 is 15.5 Å². The van der Waals surface area contributed by atoms with Gasteiger partial charge in [-0.25, -0.2) is 0 Å². The van der Waals surface area contributed by atoms with Crippen LogP contribution in [0, 0.1) is 11.8 Å². The maximum Gasteiger partial charge on any atom is 0.255 e. The zero-order valence-electron chi connectivity index (χ0n) is 18.7. The predicted molar refractivity (Wildman–Crippen MR) is 128 cm³/mol. The third kappa shape index (κ3) is 4.38. The van der Waals surface area contributed by atoms with Crippen molar-refractivity contribution in [1.29, 1.82) is 0 Å². The highest BCUT2D eigenvalue weighted by Crippen LogP contribution is 2.42. The van der Waals surface area contributed by atoms with Crippen molar-refractivity contribution in [2.45, 2.75) is 50.9 Å². The van der Waals surface area contributed by atoms with E-state index in [9.17, 15) is 9.59 Å². The van der Waals surface area contributed by atoms with Crippen molar-refractivity contribution < 1.29 is 9.59 Å². The molecule has 2 N–H and O–H groups in total. The number of amides is 2. The summed E-state index contributed by atoms with van der Waals surface area (Å²) in [5, 5.41) is 6.14. The van der Waals surface area contributed by atoms with E-state index >= 15 is 0 Å². The van der Waals surface area contributed by atoms with Gasteiger partial charge in [0.25, 0.3) is 5.91 Å². The summed E-state index contributed by atoms with van der Waals surface area (Å²) < 4.78 is 0. The second kappa shape index (κ2) is 9.35. The molecule has 3 unspecified atom stereocenters. The van der Waals surface area contributed by atoms with Crippen molar-refractivity contribution in [3.8, 4) is 0 Å². The molecule has 3 fully saturated rings. The highest BCUT2D eigenvalue weighted by molar-refractivity contribution is 6.04. The van der Waals surface area contributed by atoms with Crippen molar-refractivity contribution in [3.63, 3.8) is 0 Å². The lowest BCUT2D eigenvalue weighted by molar-refractivity contribution is -0.130. The molecule has 2 aromatic carbocycles. The summed E-state index contributed by atoms with van der Waals surface area (Å²) in [6, 6.07) is 16.2. The molecule has 168 valence electrons. The molecular weight excluding hydrogens is 398 g/mol. The van der Waals surface area contributed by atoms with Gasteiger partial charge in [0.05, 0.1) is 0 Å². The van der Waals surface area contributed by atoms with Crippen molar-refractivity contribution in [3.05, 3.63) is 59.7 Å². The van der Waals surface area contributed by atoms with Crippen molar-refractivity contribution in [2.75, 3.05) is 29.9 Å². The number of nitrogens with zero attached hydrogens (tertiary/aromatic N) is 1. The van der Waals surface area contributed by atoms with Gasteiger partial charge in [-0.2, -0.15) is 0 Å². The highest BCUT2D eigenvalue weighted by atomic mass is 16.2. The van der Waals surface area contributed by atoms with Crippen LogP contribution in [0.2, 0.25) is 0 Å². The van der Waals surface area contributed by atoms with Crippen LogP contribution in [0.25, 0.3) is 0 Å². The van der Waals surface area contributed by atoms with Gasteiger partial charge in [-0.1, -0.05) is 25.0 Å². The first-order chi connectivity index (χ1) is 15.7. The second-order valence-electron chi connectivity index (χ2n) is 9.58. The maximum atomic E-state index is 12.7. The van der Waals surface area contributed by atoms with Crippen LogP contribution in [0.1, 0.15) is 66.8 Å². The Hall–Kier alpha value is -2.82. The summed E-state index contributed by atoms with van der Waals surface area (Å²) in [5.74, 6) is 1.12. The third-order valence-corrected chi connectivity index (χ3v) is 7.62. The quantitative estimate of drug-likeness (QED) is 0.720. The molecule has 3 atom stereocenters. The number of fused-ring (bicyclic) bond motifs is 1. The fraction of sp³-hybridized carbons (Fsp3) is 0.481. The third-order valence-electron chi connectivity index (χ3n) is 7.62. The monoisotopic (exact) mass is 431 g/mol. The molecule has 32 heavy (non-hydrogen) atoms. The molecule has 0 aromatic heterocycles. The molecule has 2 amide bonds. The van der Waals surface area contributed by atoms with Crippen LogP contribution in [-0.2, 0) is 4.79 Å². The minimum Gasteiger partial charge on any atom is -0.372 e. The maximum absolute atomic E-state index is 12.7. The molecule has 0 radical (unpaired) electrons. The van der Waals surface area contributed by atoms with Gasteiger partial charge in [0.15, 0.2) is 0 Å². The molecule has 5 rings (SSSR count). The van der Waals surface area contributed by atoms with Crippen molar-refractivity contribution in [1.82, 2.24) is 5.32 Å². The molecule has 1 aliphatic carbocycles. The zero-order chi connectivity index (χ0) is 21.9. The van der Waals surface area contributed by atoms with E-state index in [1.807, 2.05) is 24.3 Å². The first-order valence-corrected chi connectivity index (χ1v) is 12.2. The number of piperidine rings is 2. The fourth-order valence-electron chi connectivity index (χ4n) is 5.82. The van der Waals surface area contributed by atoms with Gasteiger partial charge in [-0.3, -0.25) is 9.59 Å². The lowest BCUT2D eigenvalue weighted by Gasteiger charge is -2.41. The second-order valence-corrected chi connectivity index (χ2v) is 9.58. The molecule has 1 saturated carbocycles. The fourth-order valence-corrected chi connectivity index (χ4v) is 5.82. The summed E-state index contributed by atoms with van der Waals surface area (Å²) in [6.45, 7) is 2.92. The minimum atomic E-state index is -0.0831. The van der Waals surface area contributed by atoms with Gasteiger partial charge in [0.1, 0.15) is 0 Å². The number of carbonyl (C=O) groups is 2. The summed E-state index contributed by atoms with van der Waals surface area (Å²) in [5.41, 5.74) is 3.94. The average molecular weight is 432 g/mol. The van der Waals surface area contributed by atoms with Gasteiger partial charge < -0.3 is 15.5 Å².